The smallest absolute Gasteiger partial charge is 0.550 e. The van der Waals surface area contributed by atoms with Crippen LogP contribution in [-0.2, 0) is 14.4 Å². The fraction of sp³-hybridized carbons (Fsp3) is 0.318. The molecule has 0 bridgehead atoms. The summed E-state index contributed by atoms with van der Waals surface area (Å²) in [6.45, 7) is 0. The maximum Gasteiger partial charge on any atom is 1.00 e. The second-order valence-electron chi connectivity index (χ2n) is 7.84. The number of carboxylic acids is 1. The van der Waals surface area contributed by atoms with Crippen LogP contribution in [0.1, 0.15) is 12.8 Å². The molecule has 2 aliphatic rings. The van der Waals surface area contributed by atoms with E-state index in [0.717, 1.165) is 4.90 Å². The number of carbonyl (C=O) groups excluding carboxylic acids is 3. The van der Waals surface area contributed by atoms with Gasteiger partial charge in [0.15, 0.2) is 0 Å². The summed E-state index contributed by atoms with van der Waals surface area (Å²) in [5.74, 6) is -4.38. The number of carboxylic acid groups (broad SMARTS) is 1. The SMILES string of the molecule is O=C([O-])[C@H]1C[C@H](N2C(=O)CC(=O)N(c3ccccc3)c3cc(Cl)ccc32)[C@H](O)[C@@H](O)[C@@H]1O.[Na+]. The molecule has 0 unspecified atom stereocenters. The Morgan fingerprint density at radius 2 is 1.61 bits per heavy atom. The second kappa shape index (κ2) is 10.1. The average Bonchev–Trinajstić information content (AvgIpc) is 2.85. The van der Waals surface area contributed by atoms with Crippen molar-refractivity contribution < 1.29 is 64.4 Å². The summed E-state index contributed by atoms with van der Waals surface area (Å²) in [6, 6.07) is 11.8. The van der Waals surface area contributed by atoms with Gasteiger partial charge in [0, 0.05) is 22.6 Å². The molecule has 1 heterocycles. The fourth-order valence-electron chi connectivity index (χ4n) is 4.37. The first-order chi connectivity index (χ1) is 15.2. The summed E-state index contributed by atoms with van der Waals surface area (Å²) >= 11 is 6.19. The van der Waals surface area contributed by atoms with Gasteiger partial charge >= 0.3 is 29.6 Å². The number of hydrogen-bond donors (Lipinski definition) is 3. The first kappa shape index (κ1) is 25.6. The van der Waals surface area contributed by atoms with Crippen molar-refractivity contribution in [2.24, 2.45) is 5.92 Å². The molecule has 3 N–H and O–H groups in total. The van der Waals surface area contributed by atoms with Crippen molar-refractivity contribution in [1.29, 1.82) is 0 Å². The number of amides is 2. The minimum absolute atomic E-state index is 0. The molecule has 2 amide bonds. The Balaban J connectivity index is 0.00000306. The molecule has 4 rings (SSSR count). The number of benzene rings is 2. The Kier molecular flexibility index (Phi) is 7.85. The molecule has 0 aromatic heterocycles. The second-order valence-corrected chi connectivity index (χ2v) is 8.28. The summed E-state index contributed by atoms with van der Waals surface area (Å²) in [7, 11) is 0. The van der Waals surface area contributed by atoms with Crippen molar-refractivity contribution in [3.8, 4) is 0 Å². The number of fused-ring (bicyclic) bond motifs is 1. The zero-order valence-corrected chi connectivity index (χ0v) is 20.4. The molecule has 168 valence electrons. The molecule has 9 nitrogen and oxygen atoms in total. The number of rotatable bonds is 3. The molecule has 1 saturated carbocycles. The Hall–Kier alpha value is -1.98. The van der Waals surface area contributed by atoms with E-state index in [4.69, 9.17) is 11.6 Å². The Morgan fingerprint density at radius 1 is 0.939 bits per heavy atom. The molecule has 33 heavy (non-hydrogen) atoms. The van der Waals surface area contributed by atoms with Crippen LogP contribution in [0.4, 0.5) is 17.1 Å². The van der Waals surface area contributed by atoms with Gasteiger partial charge in [0.2, 0.25) is 11.8 Å². The standard InChI is InChI=1S/C22H21ClN2O7.Na/c23-11-6-7-14-15(8-11)24(12-4-2-1-3-5-12)17(26)10-18(27)25(14)16-9-13(22(31)32)19(28)21(30)20(16)29;/h1-8,13,16,19-21,28-30H,9-10H2,(H,31,32);/q;+1/p-1/t13-,16-,19+,20-,21-;/m0./s1. The van der Waals surface area contributed by atoms with Gasteiger partial charge in [-0.25, -0.2) is 0 Å². The number of aliphatic hydroxyl groups excluding tert-OH is 3. The van der Waals surface area contributed by atoms with Crippen LogP contribution in [0.15, 0.2) is 48.5 Å². The molecule has 0 radical (unpaired) electrons. The van der Waals surface area contributed by atoms with E-state index in [1.54, 1.807) is 30.3 Å². The summed E-state index contributed by atoms with van der Waals surface area (Å²) < 4.78 is 0. The normalized spacial score (nSPS) is 27.5. The Labute approximate surface area is 216 Å². The summed E-state index contributed by atoms with van der Waals surface area (Å²) in [5.41, 5.74) is 0.958. The molecule has 1 aliphatic carbocycles. The average molecular weight is 483 g/mol. The van der Waals surface area contributed by atoms with Gasteiger partial charge in [-0.05, 0) is 36.8 Å². The van der Waals surface area contributed by atoms with Crippen LogP contribution >= 0.6 is 11.6 Å². The zero-order chi connectivity index (χ0) is 23.2. The molecular formula is C22H20ClN2NaO7. The first-order valence-electron chi connectivity index (χ1n) is 9.95. The van der Waals surface area contributed by atoms with Crippen molar-refractivity contribution >= 4 is 46.4 Å². The van der Waals surface area contributed by atoms with E-state index in [1.807, 2.05) is 0 Å². The molecule has 1 fully saturated rings. The zero-order valence-electron chi connectivity index (χ0n) is 17.7. The number of carbonyl (C=O) groups is 3. The topological polar surface area (TPSA) is 141 Å². The van der Waals surface area contributed by atoms with Crippen LogP contribution in [0, 0.1) is 5.92 Å². The van der Waals surface area contributed by atoms with Crippen LogP contribution < -0.4 is 44.5 Å². The Morgan fingerprint density at radius 3 is 2.24 bits per heavy atom. The number of nitrogens with zero attached hydrogens (tertiary/aromatic N) is 2. The van der Waals surface area contributed by atoms with Crippen LogP contribution in [0.5, 0.6) is 0 Å². The number of anilines is 3. The molecule has 2 aromatic carbocycles. The predicted octanol–water partition coefficient (Wildman–Crippen LogP) is -3.03. The van der Waals surface area contributed by atoms with E-state index in [0.29, 0.717) is 10.7 Å². The maximum atomic E-state index is 13.2. The van der Waals surface area contributed by atoms with Crippen molar-refractivity contribution in [2.75, 3.05) is 9.80 Å². The number of aliphatic hydroxyl groups is 3. The van der Waals surface area contributed by atoms with Crippen LogP contribution in [-0.4, -0.2) is 57.5 Å². The van der Waals surface area contributed by atoms with E-state index < -0.39 is 54.5 Å². The van der Waals surface area contributed by atoms with Gasteiger partial charge in [-0.15, -0.1) is 0 Å². The molecule has 1 aliphatic heterocycles. The van der Waals surface area contributed by atoms with E-state index >= 15 is 0 Å². The molecular weight excluding hydrogens is 463 g/mol. The largest absolute Gasteiger partial charge is 1.00 e. The van der Waals surface area contributed by atoms with Crippen LogP contribution in [0.2, 0.25) is 5.02 Å². The summed E-state index contributed by atoms with van der Waals surface area (Å²) in [4.78, 5) is 40.2. The van der Waals surface area contributed by atoms with Crippen LogP contribution in [0.3, 0.4) is 0 Å². The van der Waals surface area contributed by atoms with Gasteiger partial charge < -0.3 is 30.1 Å². The minimum Gasteiger partial charge on any atom is -0.550 e. The van der Waals surface area contributed by atoms with Gasteiger partial charge in [-0.3, -0.25) is 14.5 Å². The predicted molar refractivity (Wildman–Crippen MR) is 112 cm³/mol. The number of para-hydroxylation sites is 1. The quantitative estimate of drug-likeness (QED) is 0.312. The van der Waals surface area contributed by atoms with E-state index in [9.17, 15) is 34.8 Å². The molecule has 2 aromatic rings. The molecule has 0 spiro atoms. The van der Waals surface area contributed by atoms with Gasteiger partial charge in [0.1, 0.15) is 18.6 Å². The van der Waals surface area contributed by atoms with Gasteiger partial charge in [0.05, 0.1) is 23.5 Å². The monoisotopic (exact) mass is 482 g/mol. The number of aliphatic carboxylic acids is 1. The molecule has 11 heteroatoms. The van der Waals surface area contributed by atoms with Gasteiger partial charge in [-0.2, -0.15) is 0 Å². The molecule has 5 atom stereocenters. The maximum absolute atomic E-state index is 13.2. The first-order valence-corrected chi connectivity index (χ1v) is 10.3. The third kappa shape index (κ3) is 4.67. The summed E-state index contributed by atoms with van der Waals surface area (Å²) in [6.07, 6.45) is -6.20. The molecule has 0 saturated heterocycles. The van der Waals surface area contributed by atoms with Gasteiger partial charge in [-0.1, -0.05) is 29.8 Å². The van der Waals surface area contributed by atoms with Crippen LogP contribution in [0.25, 0.3) is 0 Å². The number of halogens is 1. The summed E-state index contributed by atoms with van der Waals surface area (Å²) in [5, 5.41) is 42.8. The van der Waals surface area contributed by atoms with E-state index in [2.05, 4.69) is 0 Å². The van der Waals surface area contributed by atoms with Gasteiger partial charge in [0.25, 0.3) is 0 Å². The third-order valence-electron chi connectivity index (χ3n) is 5.91. The van der Waals surface area contributed by atoms with E-state index in [-0.39, 0.29) is 47.4 Å². The van der Waals surface area contributed by atoms with Crippen molar-refractivity contribution in [1.82, 2.24) is 0 Å². The van der Waals surface area contributed by atoms with E-state index in [1.165, 1.54) is 23.1 Å². The third-order valence-corrected chi connectivity index (χ3v) is 6.14. The van der Waals surface area contributed by atoms with Crippen molar-refractivity contribution in [3.05, 3.63) is 53.6 Å². The number of hydrogen-bond acceptors (Lipinski definition) is 7. The minimum atomic E-state index is -1.83. The fourth-order valence-corrected chi connectivity index (χ4v) is 4.53. The van der Waals surface area contributed by atoms with Crippen molar-refractivity contribution in [2.45, 2.75) is 37.2 Å². The van der Waals surface area contributed by atoms with Crippen molar-refractivity contribution in [3.63, 3.8) is 0 Å². The Bertz CT molecular complexity index is 1070.